The molecule has 1 saturated carbocycles. The summed E-state index contributed by atoms with van der Waals surface area (Å²) in [6.07, 6.45) is 7.14. The number of anilines is 1. The molecule has 2 aliphatic rings. The molecule has 0 radical (unpaired) electrons. The van der Waals surface area contributed by atoms with Gasteiger partial charge in [0.15, 0.2) is 5.13 Å². The Bertz CT molecular complexity index is 1380. The Kier molecular flexibility index (Phi) is 8.80. The minimum atomic E-state index is -3.64. The fourth-order valence-corrected chi connectivity index (χ4v) is 8.34. The normalized spacial score (nSPS) is 19.4. The fraction of sp³-hybridized carbons (Fsp3) is 0.536. The summed E-state index contributed by atoms with van der Waals surface area (Å²) in [4.78, 5) is 23.5. The standard InChI is InChI=1S/C28H37N5O4S2/c1-3-33(21-9-6-16-29-18-21)39(35,36)22-12-10-20(11-13-22)23(17-19-7-4-5-8-19)26(34)32-28-30-24-14-15-25(37-2)31-27(24)38-28/h10-15,19,21,23,29H,3-9,16-18H2,1-2H3,(H,30,32,34). The summed E-state index contributed by atoms with van der Waals surface area (Å²) in [5.41, 5.74) is 1.52. The van der Waals surface area contributed by atoms with Crippen molar-refractivity contribution in [1.29, 1.82) is 0 Å². The number of likely N-dealkylation sites (N-methyl/N-ethyl adjacent to an activating group) is 1. The molecule has 2 aromatic heterocycles. The van der Waals surface area contributed by atoms with E-state index in [9.17, 15) is 13.2 Å². The number of benzene rings is 1. The minimum absolute atomic E-state index is 0.0439. The van der Waals surface area contributed by atoms with Crippen molar-refractivity contribution in [2.75, 3.05) is 32.1 Å². The topological polar surface area (TPSA) is 114 Å². The monoisotopic (exact) mass is 571 g/mol. The first kappa shape index (κ1) is 27.9. The van der Waals surface area contributed by atoms with E-state index in [2.05, 4.69) is 20.6 Å². The number of rotatable bonds is 10. The number of nitrogens with one attached hydrogen (secondary N) is 2. The van der Waals surface area contributed by atoms with Crippen LogP contribution in [0.15, 0.2) is 41.3 Å². The molecule has 3 heterocycles. The van der Waals surface area contributed by atoms with Gasteiger partial charge >= 0.3 is 0 Å². The first-order valence-electron chi connectivity index (χ1n) is 13.8. The molecule has 1 aromatic carbocycles. The van der Waals surface area contributed by atoms with Crippen molar-refractivity contribution in [1.82, 2.24) is 19.6 Å². The molecule has 0 bridgehead atoms. The third-order valence-electron chi connectivity index (χ3n) is 7.91. The van der Waals surface area contributed by atoms with E-state index < -0.39 is 15.9 Å². The summed E-state index contributed by atoms with van der Waals surface area (Å²) >= 11 is 1.31. The van der Waals surface area contributed by atoms with Gasteiger partial charge in [0.1, 0.15) is 10.3 Å². The zero-order valence-electron chi connectivity index (χ0n) is 22.6. The van der Waals surface area contributed by atoms with Crippen molar-refractivity contribution in [3.63, 3.8) is 0 Å². The highest BCUT2D eigenvalue weighted by atomic mass is 32.2. The number of fused-ring (bicyclic) bond motifs is 1. The van der Waals surface area contributed by atoms with E-state index in [-0.39, 0.29) is 16.8 Å². The average molecular weight is 572 g/mol. The van der Waals surface area contributed by atoms with E-state index in [0.717, 1.165) is 44.2 Å². The maximum Gasteiger partial charge on any atom is 0.243 e. The molecule has 2 atom stereocenters. The van der Waals surface area contributed by atoms with Gasteiger partial charge in [0.05, 0.1) is 17.9 Å². The van der Waals surface area contributed by atoms with E-state index in [1.165, 1.54) is 24.2 Å². The zero-order chi connectivity index (χ0) is 27.4. The molecule has 5 rings (SSSR count). The molecule has 1 amide bonds. The summed E-state index contributed by atoms with van der Waals surface area (Å²) < 4.78 is 33.9. The Balaban J connectivity index is 1.37. The fourth-order valence-electron chi connectivity index (χ4n) is 5.84. The smallest absolute Gasteiger partial charge is 0.243 e. The predicted octanol–water partition coefficient (Wildman–Crippen LogP) is 4.77. The Morgan fingerprint density at radius 3 is 2.56 bits per heavy atom. The number of aromatic nitrogens is 2. The quantitative estimate of drug-likeness (QED) is 0.361. The second-order valence-corrected chi connectivity index (χ2v) is 13.3. The number of hydrogen-bond donors (Lipinski definition) is 2. The second kappa shape index (κ2) is 12.3. The van der Waals surface area contributed by atoms with Crippen LogP contribution in [0.25, 0.3) is 10.3 Å². The number of thiazole rings is 1. The van der Waals surface area contributed by atoms with Crippen LogP contribution in [0.3, 0.4) is 0 Å². The van der Waals surface area contributed by atoms with Crippen molar-refractivity contribution >= 4 is 42.7 Å². The van der Waals surface area contributed by atoms with Crippen LogP contribution in [0.4, 0.5) is 5.13 Å². The molecular weight excluding hydrogens is 534 g/mol. The van der Waals surface area contributed by atoms with Gasteiger partial charge in [-0.05, 0) is 55.5 Å². The second-order valence-electron chi connectivity index (χ2n) is 10.4. The number of ether oxygens (including phenoxy) is 1. The Labute approximate surface area is 234 Å². The van der Waals surface area contributed by atoms with Gasteiger partial charge in [-0.1, -0.05) is 56.1 Å². The zero-order valence-corrected chi connectivity index (χ0v) is 24.2. The molecule has 11 heteroatoms. The van der Waals surface area contributed by atoms with Crippen LogP contribution in [-0.4, -0.2) is 61.4 Å². The summed E-state index contributed by atoms with van der Waals surface area (Å²) in [7, 11) is -2.07. The maximum atomic E-state index is 13.6. The molecule has 2 unspecified atom stereocenters. The van der Waals surface area contributed by atoms with Crippen LogP contribution >= 0.6 is 11.3 Å². The largest absolute Gasteiger partial charge is 0.481 e. The Morgan fingerprint density at radius 1 is 1.13 bits per heavy atom. The molecule has 0 spiro atoms. The summed E-state index contributed by atoms with van der Waals surface area (Å²) in [6.45, 7) is 3.90. The molecular formula is C28H37N5O4S2. The van der Waals surface area contributed by atoms with Crippen LogP contribution in [0.1, 0.15) is 63.4 Å². The number of amides is 1. The minimum Gasteiger partial charge on any atom is -0.481 e. The number of hydrogen-bond acceptors (Lipinski definition) is 8. The number of pyridine rings is 1. The van der Waals surface area contributed by atoms with E-state index >= 15 is 0 Å². The van der Waals surface area contributed by atoms with Crippen LogP contribution < -0.4 is 15.4 Å². The molecule has 2 N–H and O–H groups in total. The van der Waals surface area contributed by atoms with Crippen molar-refractivity contribution in [3.05, 3.63) is 42.0 Å². The van der Waals surface area contributed by atoms with Crippen molar-refractivity contribution < 1.29 is 17.9 Å². The molecule has 1 aliphatic heterocycles. The first-order valence-corrected chi connectivity index (χ1v) is 16.1. The van der Waals surface area contributed by atoms with Crippen molar-refractivity contribution in [2.45, 2.75) is 68.7 Å². The Morgan fingerprint density at radius 2 is 1.90 bits per heavy atom. The van der Waals surface area contributed by atoms with E-state index in [1.54, 1.807) is 29.6 Å². The third kappa shape index (κ3) is 6.26. The number of nitrogens with zero attached hydrogens (tertiary/aromatic N) is 3. The lowest BCUT2D eigenvalue weighted by Crippen LogP contribution is -2.48. The third-order valence-corrected chi connectivity index (χ3v) is 10.8. The van der Waals surface area contributed by atoms with Gasteiger partial charge in [-0.15, -0.1) is 0 Å². The lowest BCUT2D eigenvalue weighted by Gasteiger charge is -2.33. The predicted molar refractivity (Wildman–Crippen MR) is 154 cm³/mol. The number of carbonyl (C=O) groups is 1. The van der Waals surface area contributed by atoms with Gasteiger partial charge < -0.3 is 15.4 Å². The lowest BCUT2D eigenvalue weighted by molar-refractivity contribution is -0.118. The van der Waals surface area contributed by atoms with Crippen LogP contribution in [0.5, 0.6) is 5.88 Å². The van der Waals surface area contributed by atoms with Gasteiger partial charge in [-0.25, -0.2) is 18.4 Å². The molecule has 1 aliphatic carbocycles. The van der Waals surface area contributed by atoms with Gasteiger partial charge in [0, 0.05) is 25.2 Å². The number of sulfonamides is 1. The highest BCUT2D eigenvalue weighted by Gasteiger charge is 2.32. The summed E-state index contributed by atoms with van der Waals surface area (Å²) in [5.74, 6) is 0.440. The van der Waals surface area contributed by atoms with Crippen LogP contribution in [0.2, 0.25) is 0 Å². The first-order chi connectivity index (χ1) is 18.9. The van der Waals surface area contributed by atoms with Crippen molar-refractivity contribution in [3.8, 4) is 5.88 Å². The molecule has 1 saturated heterocycles. The SMILES string of the molecule is CCN(C1CCCNC1)S(=O)(=O)c1ccc(C(CC2CCCC2)C(=O)Nc2nc3ccc(OC)nc3s2)cc1. The van der Waals surface area contributed by atoms with Crippen LogP contribution in [0, 0.1) is 5.92 Å². The van der Waals surface area contributed by atoms with Gasteiger partial charge in [0.2, 0.25) is 21.8 Å². The summed E-state index contributed by atoms with van der Waals surface area (Å²) in [6, 6.07) is 10.5. The lowest BCUT2D eigenvalue weighted by atomic mass is 9.87. The van der Waals surface area contributed by atoms with E-state index in [4.69, 9.17) is 4.74 Å². The average Bonchev–Trinajstić information content (AvgIpc) is 3.61. The van der Waals surface area contributed by atoms with Gasteiger partial charge in [-0.3, -0.25) is 4.79 Å². The van der Waals surface area contributed by atoms with Gasteiger partial charge in [0.25, 0.3) is 0 Å². The molecule has 2 fully saturated rings. The molecule has 210 valence electrons. The maximum absolute atomic E-state index is 13.6. The van der Waals surface area contributed by atoms with Crippen molar-refractivity contribution in [2.24, 2.45) is 5.92 Å². The molecule has 39 heavy (non-hydrogen) atoms. The Hall–Kier alpha value is -2.60. The molecule has 9 nitrogen and oxygen atoms in total. The number of methoxy groups -OCH3 is 1. The highest BCUT2D eigenvalue weighted by molar-refractivity contribution is 7.89. The highest BCUT2D eigenvalue weighted by Crippen LogP contribution is 2.36. The van der Waals surface area contributed by atoms with Crippen LogP contribution in [-0.2, 0) is 14.8 Å². The molecule has 3 aromatic rings. The summed E-state index contributed by atoms with van der Waals surface area (Å²) in [5, 5.41) is 6.82. The van der Waals surface area contributed by atoms with E-state index in [1.807, 2.05) is 25.1 Å². The number of piperidine rings is 1. The number of carbonyl (C=O) groups excluding carboxylic acids is 1. The van der Waals surface area contributed by atoms with Gasteiger partial charge in [-0.2, -0.15) is 4.31 Å². The van der Waals surface area contributed by atoms with E-state index in [0.29, 0.717) is 40.4 Å².